The lowest BCUT2D eigenvalue weighted by Gasteiger charge is -2.29. The van der Waals surface area contributed by atoms with Gasteiger partial charge < -0.3 is 5.32 Å². The molecule has 2 aliphatic heterocycles. The summed E-state index contributed by atoms with van der Waals surface area (Å²) in [5, 5.41) is 3.35. The van der Waals surface area contributed by atoms with Crippen LogP contribution in [0.2, 0.25) is 10.0 Å². The van der Waals surface area contributed by atoms with Gasteiger partial charge in [0.25, 0.3) is 15.9 Å². The normalized spacial score (nSPS) is 17.8. The van der Waals surface area contributed by atoms with Gasteiger partial charge in [0.2, 0.25) is 6.29 Å². The number of rotatable bonds is 4. The third-order valence-electron chi connectivity index (χ3n) is 5.43. The lowest BCUT2D eigenvalue weighted by Crippen LogP contribution is -2.39. The van der Waals surface area contributed by atoms with Crippen molar-refractivity contribution < 1.29 is 13.2 Å². The molecule has 2 aromatic carbocycles. The molecule has 4 rings (SSSR count). The zero-order valence-corrected chi connectivity index (χ0v) is 20.6. The van der Waals surface area contributed by atoms with Crippen LogP contribution in [0.25, 0.3) is 0 Å². The van der Waals surface area contributed by atoms with E-state index >= 15 is 0 Å². The second-order valence-electron chi connectivity index (χ2n) is 8.01. The van der Waals surface area contributed by atoms with E-state index < -0.39 is 22.2 Å². The lowest BCUT2D eigenvalue weighted by atomic mass is 10.1. The second kappa shape index (κ2) is 8.93. The summed E-state index contributed by atoms with van der Waals surface area (Å²) in [5.41, 5.74) is 4.08. The average molecular weight is 505 g/mol. The van der Waals surface area contributed by atoms with Gasteiger partial charge in [-0.1, -0.05) is 40.9 Å². The van der Waals surface area contributed by atoms with Crippen molar-refractivity contribution in [2.45, 2.75) is 38.4 Å². The van der Waals surface area contributed by atoms with E-state index in [-0.39, 0.29) is 11.6 Å². The fraction of sp³-hybridized carbons (Fsp3) is 0.261. The molecule has 7 nitrogen and oxygen atoms in total. The molecule has 2 aliphatic rings. The van der Waals surface area contributed by atoms with Crippen molar-refractivity contribution in [3.05, 3.63) is 74.4 Å². The van der Waals surface area contributed by atoms with Crippen LogP contribution >= 0.6 is 23.2 Å². The first kappa shape index (κ1) is 23.5. The largest absolute Gasteiger partial charge is 0.312 e. The van der Waals surface area contributed by atoms with E-state index in [1.807, 2.05) is 19.1 Å². The summed E-state index contributed by atoms with van der Waals surface area (Å²) in [6.45, 7) is 5.80. The Labute approximate surface area is 202 Å². The molecule has 1 amide bonds. The maximum Gasteiger partial charge on any atom is 0.264 e. The fourth-order valence-corrected chi connectivity index (χ4v) is 6.07. The number of sulfonamides is 1. The molecule has 0 saturated heterocycles. The van der Waals surface area contributed by atoms with E-state index in [0.29, 0.717) is 44.3 Å². The number of hydrogen-bond acceptors (Lipinski definition) is 5. The smallest absolute Gasteiger partial charge is 0.264 e. The predicted octanol–water partition coefficient (Wildman–Crippen LogP) is 4.44. The summed E-state index contributed by atoms with van der Waals surface area (Å²) in [7, 11) is -3.72. The van der Waals surface area contributed by atoms with Crippen LogP contribution in [0.3, 0.4) is 0 Å². The molecule has 10 heteroatoms. The molecule has 1 atom stereocenters. The van der Waals surface area contributed by atoms with Gasteiger partial charge >= 0.3 is 0 Å². The van der Waals surface area contributed by atoms with Gasteiger partial charge in [0.05, 0.1) is 20.7 Å². The number of fused-ring (bicyclic) bond motifs is 1. The van der Waals surface area contributed by atoms with Crippen LogP contribution in [0, 0.1) is 20.8 Å². The monoisotopic (exact) mass is 504 g/mol. The number of hydrogen-bond donors (Lipinski definition) is 1. The Kier molecular flexibility index (Phi) is 6.35. The molecule has 0 fully saturated rings. The number of nitrogens with zero attached hydrogens (tertiary/aromatic N) is 3. The van der Waals surface area contributed by atoms with Crippen molar-refractivity contribution in [2.75, 3.05) is 6.54 Å². The number of allylic oxidation sites excluding steroid dienone is 1. The van der Waals surface area contributed by atoms with Gasteiger partial charge in [0.15, 0.2) is 0 Å². The van der Waals surface area contributed by atoms with Crippen molar-refractivity contribution in [1.82, 2.24) is 9.62 Å². The molecular weight excluding hydrogens is 483 g/mol. The maximum atomic E-state index is 13.4. The first-order chi connectivity index (χ1) is 15.6. The summed E-state index contributed by atoms with van der Waals surface area (Å²) in [6, 6.07) is 8.32. The van der Waals surface area contributed by atoms with Gasteiger partial charge in [-0.25, -0.2) is 18.4 Å². The number of carbonyl (C=O) groups excluding carboxylic acids is 1. The van der Waals surface area contributed by atoms with Gasteiger partial charge in [-0.15, -0.1) is 0 Å². The molecule has 0 radical (unpaired) electrons. The molecule has 172 valence electrons. The number of benzene rings is 2. The van der Waals surface area contributed by atoms with Crippen LogP contribution in [0.15, 0.2) is 57.0 Å². The Morgan fingerprint density at radius 2 is 1.79 bits per heavy atom. The van der Waals surface area contributed by atoms with E-state index in [0.717, 1.165) is 5.56 Å². The molecule has 0 aromatic heterocycles. The summed E-state index contributed by atoms with van der Waals surface area (Å²) in [5.74, 6) is -0.391. The van der Waals surface area contributed by atoms with Crippen molar-refractivity contribution >= 4 is 51.1 Å². The topological polar surface area (TPSA) is 91.2 Å². The maximum absolute atomic E-state index is 13.4. The Hall–Kier alpha value is -2.68. The van der Waals surface area contributed by atoms with Crippen molar-refractivity contribution in [3.63, 3.8) is 0 Å². The number of aliphatic imine (C=N–C) groups is 2. The van der Waals surface area contributed by atoms with Crippen LogP contribution in [0.1, 0.15) is 33.5 Å². The second-order valence-corrected chi connectivity index (χ2v) is 10.6. The van der Waals surface area contributed by atoms with Crippen molar-refractivity contribution in [2.24, 2.45) is 9.98 Å². The van der Waals surface area contributed by atoms with Crippen LogP contribution in [0.4, 0.5) is 0 Å². The minimum atomic E-state index is -3.72. The van der Waals surface area contributed by atoms with Gasteiger partial charge in [-0.05, 0) is 50.1 Å². The van der Waals surface area contributed by atoms with Crippen LogP contribution in [-0.4, -0.2) is 43.4 Å². The highest BCUT2D eigenvalue weighted by molar-refractivity contribution is 7.89. The molecule has 0 bridgehead atoms. The van der Waals surface area contributed by atoms with E-state index in [9.17, 15) is 13.2 Å². The highest BCUT2D eigenvalue weighted by atomic mass is 35.5. The van der Waals surface area contributed by atoms with E-state index in [4.69, 9.17) is 23.2 Å². The predicted molar refractivity (Wildman–Crippen MR) is 131 cm³/mol. The molecule has 0 saturated carbocycles. The number of nitrogens with one attached hydrogen (secondary N) is 1. The Morgan fingerprint density at radius 3 is 2.45 bits per heavy atom. The van der Waals surface area contributed by atoms with Crippen molar-refractivity contribution in [1.29, 1.82) is 0 Å². The number of amides is 1. The van der Waals surface area contributed by atoms with Crippen molar-refractivity contribution in [3.8, 4) is 0 Å². The third kappa shape index (κ3) is 4.69. The third-order valence-corrected chi connectivity index (χ3v) is 8.24. The van der Waals surface area contributed by atoms with E-state index in [1.165, 1.54) is 10.4 Å². The summed E-state index contributed by atoms with van der Waals surface area (Å²) < 4.78 is 28.0. The quantitative estimate of drug-likeness (QED) is 0.666. The Morgan fingerprint density at radius 1 is 1.09 bits per heavy atom. The van der Waals surface area contributed by atoms with Gasteiger partial charge in [-0.2, -0.15) is 0 Å². The number of carbonyl (C=O) groups is 1. The van der Waals surface area contributed by atoms with Gasteiger partial charge in [0, 0.05) is 36.5 Å². The minimum absolute atomic E-state index is 0.249. The molecular formula is C23H22Cl2N4O3S. The first-order valence-electron chi connectivity index (χ1n) is 10.2. The van der Waals surface area contributed by atoms with Crippen LogP contribution in [-0.2, 0) is 10.0 Å². The molecule has 1 N–H and O–H groups in total. The summed E-state index contributed by atoms with van der Waals surface area (Å²) >= 11 is 11.9. The Bertz CT molecular complexity index is 1330. The van der Waals surface area contributed by atoms with Crippen LogP contribution < -0.4 is 5.32 Å². The van der Waals surface area contributed by atoms with Crippen LogP contribution in [0.5, 0.6) is 0 Å². The molecule has 0 spiro atoms. The number of aryl methyl sites for hydroxylation is 3. The van der Waals surface area contributed by atoms with Gasteiger partial charge in [-0.3, -0.25) is 9.10 Å². The Balaban J connectivity index is 1.54. The zero-order valence-electron chi connectivity index (χ0n) is 18.3. The molecule has 1 unspecified atom stereocenters. The van der Waals surface area contributed by atoms with Gasteiger partial charge in [0.1, 0.15) is 0 Å². The molecule has 2 heterocycles. The van der Waals surface area contributed by atoms with E-state index in [1.54, 1.807) is 38.4 Å². The minimum Gasteiger partial charge on any atom is -0.312 e. The standard InChI is InChI=1S/C23H22Cl2N4O3S/c1-13-8-14(2)21(15(3)9-13)33(31,32)29-7-6-20-17(12-29)11-26-23(27-20)28-22(30)16-4-5-18(24)19(25)10-16/h4-5,8-12,23H,6-7H2,1-3H3,(H,28,30). The molecule has 33 heavy (non-hydrogen) atoms. The fourth-order valence-electron chi connectivity index (χ4n) is 4.02. The molecule has 0 aliphatic carbocycles. The summed E-state index contributed by atoms with van der Waals surface area (Å²) in [4.78, 5) is 21.6. The average Bonchev–Trinajstić information content (AvgIpc) is 2.74. The first-order valence-corrected chi connectivity index (χ1v) is 12.4. The highest BCUT2D eigenvalue weighted by Crippen LogP contribution is 2.28. The number of halogens is 2. The summed E-state index contributed by atoms with van der Waals surface area (Å²) in [6.07, 6.45) is 2.69. The highest BCUT2D eigenvalue weighted by Gasteiger charge is 2.30. The lowest BCUT2D eigenvalue weighted by molar-refractivity contribution is 0.0940. The molecule has 2 aromatic rings. The van der Waals surface area contributed by atoms with E-state index in [2.05, 4.69) is 15.3 Å². The zero-order chi connectivity index (χ0) is 23.9. The SMILES string of the molecule is Cc1cc(C)c(S(=O)(=O)N2C=C3C=NC(NC(=O)c4ccc(Cl)c(Cl)c4)N=C3CC2)c(C)c1.